The topological polar surface area (TPSA) is 95.2 Å². The van der Waals surface area contributed by atoms with E-state index in [9.17, 15) is 13.2 Å². The van der Waals surface area contributed by atoms with Gasteiger partial charge in [-0.15, -0.1) is 0 Å². The third-order valence-electron chi connectivity index (χ3n) is 4.25. The van der Waals surface area contributed by atoms with Crippen LogP contribution < -0.4 is 9.62 Å². The van der Waals surface area contributed by atoms with E-state index < -0.39 is 10.0 Å². The van der Waals surface area contributed by atoms with Crippen LogP contribution in [0.4, 0.5) is 5.69 Å². The molecule has 7 nitrogen and oxygen atoms in total. The number of aromatic amines is 1. The average Bonchev–Trinajstić information content (AvgIpc) is 3.19. The van der Waals surface area contributed by atoms with Crippen molar-refractivity contribution in [1.29, 1.82) is 0 Å². The lowest BCUT2D eigenvalue weighted by atomic mass is 10.1. The van der Waals surface area contributed by atoms with Gasteiger partial charge in [0.2, 0.25) is 10.0 Å². The van der Waals surface area contributed by atoms with Gasteiger partial charge in [-0.2, -0.15) is 5.10 Å². The highest BCUT2D eigenvalue weighted by atomic mass is 32.2. The van der Waals surface area contributed by atoms with E-state index in [0.717, 1.165) is 23.4 Å². The highest BCUT2D eigenvalue weighted by Gasteiger charge is 2.28. The molecule has 2 heterocycles. The minimum absolute atomic E-state index is 0.172. The zero-order chi connectivity index (χ0) is 18.2. The Morgan fingerprint density at radius 3 is 2.80 bits per heavy atom. The van der Waals surface area contributed by atoms with Gasteiger partial charge in [0.25, 0.3) is 5.91 Å². The Bertz CT molecular complexity index is 902. The summed E-state index contributed by atoms with van der Waals surface area (Å²) >= 11 is 0. The van der Waals surface area contributed by atoms with Gasteiger partial charge in [0, 0.05) is 17.9 Å². The molecule has 1 aliphatic heterocycles. The highest BCUT2D eigenvalue weighted by Crippen LogP contribution is 2.31. The Balaban J connectivity index is 1.85. The van der Waals surface area contributed by atoms with Crippen LogP contribution in [0.5, 0.6) is 0 Å². The lowest BCUT2D eigenvalue weighted by Gasteiger charge is -2.16. The number of hydrogen-bond donors (Lipinski definition) is 2. The van der Waals surface area contributed by atoms with Crippen LogP contribution in [0.2, 0.25) is 0 Å². The van der Waals surface area contributed by atoms with Crippen LogP contribution in [0.1, 0.15) is 35.6 Å². The predicted octanol–water partition coefficient (Wildman–Crippen LogP) is 1.72. The lowest BCUT2D eigenvalue weighted by Crippen LogP contribution is -2.29. The number of fused-ring (bicyclic) bond motifs is 1. The summed E-state index contributed by atoms with van der Waals surface area (Å²) in [6.07, 6.45) is 1.46. The van der Waals surface area contributed by atoms with Crippen molar-refractivity contribution in [3.8, 4) is 0 Å². The minimum atomic E-state index is -3.49. The van der Waals surface area contributed by atoms with Crippen molar-refractivity contribution in [3.05, 3.63) is 41.2 Å². The Morgan fingerprint density at radius 2 is 2.12 bits per heavy atom. The molecule has 0 saturated carbocycles. The largest absolute Gasteiger partial charge is 0.306 e. The highest BCUT2D eigenvalue weighted by molar-refractivity contribution is 7.89. The van der Waals surface area contributed by atoms with Gasteiger partial charge in [-0.05, 0) is 55.6 Å². The monoisotopic (exact) mass is 362 g/mol. The van der Waals surface area contributed by atoms with E-state index in [1.807, 2.05) is 0 Å². The standard InChI is InChI=1S/C17H22N4O3S/c1-11(2)8-13-10-15(20-19-13)17(22)21-7-6-12-9-14(4-5-16(12)21)25(23,24)18-3/h4-5,9-11,18H,6-8H2,1-3H3,(H,19,20). The van der Waals surface area contributed by atoms with E-state index in [1.54, 1.807) is 23.1 Å². The first-order valence-electron chi connectivity index (χ1n) is 8.24. The van der Waals surface area contributed by atoms with Crippen LogP contribution in [0.3, 0.4) is 0 Å². The maximum Gasteiger partial charge on any atom is 0.278 e. The quantitative estimate of drug-likeness (QED) is 0.847. The molecular formula is C17H22N4O3S. The summed E-state index contributed by atoms with van der Waals surface area (Å²) < 4.78 is 26.1. The Morgan fingerprint density at radius 1 is 1.36 bits per heavy atom. The third kappa shape index (κ3) is 3.45. The summed E-state index contributed by atoms with van der Waals surface area (Å²) in [5, 5.41) is 7.05. The SMILES string of the molecule is CNS(=O)(=O)c1ccc2c(c1)CCN2C(=O)c1cc(CC(C)C)[nH]n1. The molecular weight excluding hydrogens is 340 g/mol. The maximum atomic E-state index is 12.8. The molecule has 0 radical (unpaired) electrons. The van der Waals surface area contributed by atoms with E-state index in [1.165, 1.54) is 13.1 Å². The molecule has 2 N–H and O–H groups in total. The van der Waals surface area contributed by atoms with Crippen molar-refractivity contribution in [1.82, 2.24) is 14.9 Å². The summed E-state index contributed by atoms with van der Waals surface area (Å²) in [5.41, 5.74) is 2.92. The normalized spacial score (nSPS) is 14.2. The number of sulfonamides is 1. The molecule has 1 aromatic carbocycles. The summed E-state index contributed by atoms with van der Waals surface area (Å²) in [4.78, 5) is 14.6. The van der Waals surface area contributed by atoms with Crippen molar-refractivity contribution in [2.24, 2.45) is 5.92 Å². The summed E-state index contributed by atoms with van der Waals surface area (Å²) in [6, 6.07) is 6.63. The van der Waals surface area contributed by atoms with Gasteiger partial charge in [-0.3, -0.25) is 9.89 Å². The van der Waals surface area contributed by atoms with Crippen LogP contribution in [-0.2, 0) is 22.9 Å². The van der Waals surface area contributed by atoms with E-state index >= 15 is 0 Å². The van der Waals surface area contributed by atoms with Crippen LogP contribution in [-0.4, -0.2) is 38.1 Å². The van der Waals surface area contributed by atoms with Crippen molar-refractivity contribution in [2.75, 3.05) is 18.5 Å². The zero-order valence-corrected chi connectivity index (χ0v) is 15.4. The molecule has 8 heteroatoms. The molecule has 3 rings (SSSR count). The van der Waals surface area contributed by atoms with E-state index in [2.05, 4.69) is 28.8 Å². The van der Waals surface area contributed by atoms with E-state index in [0.29, 0.717) is 24.6 Å². The molecule has 0 atom stereocenters. The number of nitrogens with one attached hydrogen (secondary N) is 2. The second kappa shape index (κ2) is 6.61. The predicted molar refractivity (Wildman–Crippen MR) is 95.2 cm³/mol. The number of benzene rings is 1. The molecule has 0 bridgehead atoms. The molecule has 0 fully saturated rings. The number of nitrogens with zero attached hydrogens (tertiary/aromatic N) is 2. The van der Waals surface area contributed by atoms with Crippen molar-refractivity contribution >= 4 is 21.6 Å². The summed E-state index contributed by atoms with van der Waals surface area (Å²) in [5.74, 6) is 0.303. The maximum absolute atomic E-state index is 12.8. The van der Waals surface area contributed by atoms with Crippen molar-refractivity contribution < 1.29 is 13.2 Å². The molecule has 0 aliphatic carbocycles. The molecule has 1 aliphatic rings. The number of carbonyl (C=O) groups is 1. The Hall–Kier alpha value is -2.19. The molecule has 0 saturated heterocycles. The number of carbonyl (C=O) groups excluding carboxylic acids is 1. The Labute approximate surface area is 147 Å². The first-order chi connectivity index (χ1) is 11.8. The first-order valence-corrected chi connectivity index (χ1v) is 9.72. The summed E-state index contributed by atoms with van der Waals surface area (Å²) in [7, 11) is -2.11. The van der Waals surface area contributed by atoms with Crippen molar-refractivity contribution in [3.63, 3.8) is 0 Å². The molecule has 1 amide bonds. The first kappa shape index (κ1) is 17.6. The van der Waals surface area contributed by atoms with Crippen LogP contribution >= 0.6 is 0 Å². The fraction of sp³-hybridized carbons (Fsp3) is 0.412. The number of H-pyrrole nitrogens is 1. The lowest BCUT2D eigenvalue weighted by molar-refractivity contribution is 0.0984. The van der Waals surface area contributed by atoms with Crippen molar-refractivity contribution in [2.45, 2.75) is 31.6 Å². The van der Waals surface area contributed by atoms with Gasteiger partial charge in [0.15, 0.2) is 5.69 Å². The Kier molecular flexibility index (Phi) is 4.66. The average molecular weight is 362 g/mol. The third-order valence-corrected chi connectivity index (χ3v) is 5.66. The number of rotatable bonds is 5. The van der Waals surface area contributed by atoms with Gasteiger partial charge in [0.1, 0.15) is 0 Å². The van der Waals surface area contributed by atoms with Crippen LogP contribution in [0.15, 0.2) is 29.2 Å². The number of amides is 1. The second-order valence-corrected chi connectivity index (χ2v) is 8.47. The summed E-state index contributed by atoms with van der Waals surface area (Å²) in [6.45, 7) is 4.73. The molecule has 0 unspecified atom stereocenters. The number of hydrogen-bond acceptors (Lipinski definition) is 4. The van der Waals surface area contributed by atoms with Crippen LogP contribution in [0.25, 0.3) is 0 Å². The van der Waals surface area contributed by atoms with Gasteiger partial charge < -0.3 is 4.90 Å². The minimum Gasteiger partial charge on any atom is -0.306 e. The van der Waals surface area contributed by atoms with Gasteiger partial charge in [0.05, 0.1) is 4.90 Å². The molecule has 25 heavy (non-hydrogen) atoms. The molecule has 1 aromatic heterocycles. The number of anilines is 1. The molecule has 2 aromatic rings. The number of aromatic nitrogens is 2. The van der Waals surface area contributed by atoms with Gasteiger partial charge in [-0.25, -0.2) is 13.1 Å². The second-order valence-electron chi connectivity index (χ2n) is 6.58. The smallest absolute Gasteiger partial charge is 0.278 e. The van der Waals surface area contributed by atoms with Crippen LogP contribution in [0, 0.1) is 5.92 Å². The van der Waals surface area contributed by atoms with Gasteiger partial charge in [-0.1, -0.05) is 13.8 Å². The van der Waals surface area contributed by atoms with E-state index in [-0.39, 0.29) is 10.8 Å². The van der Waals surface area contributed by atoms with E-state index in [4.69, 9.17) is 0 Å². The fourth-order valence-electron chi connectivity index (χ4n) is 3.03. The molecule has 0 spiro atoms. The molecule has 134 valence electrons. The fourth-order valence-corrected chi connectivity index (χ4v) is 3.81. The van der Waals surface area contributed by atoms with Gasteiger partial charge >= 0.3 is 0 Å². The zero-order valence-electron chi connectivity index (χ0n) is 14.5.